The summed E-state index contributed by atoms with van der Waals surface area (Å²) in [5.41, 5.74) is 13.1. The number of hydrogen-bond donors (Lipinski definition) is 0. The van der Waals surface area contributed by atoms with E-state index in [1.807, 2.05) is 6.20 Å². The van der Waals surface area contributed by atoms with E-state index in [4.69, 9.17) is 9.72 Å². The normalized spacial score (nSPS) is 13.3. The Morgan fingerprint density at radius 2 is 1.18 bits per heavy atom. The average Bonchev–Trinajstić information content (AvgIpc) is 3.87. The molecule has 0 bridgehead atoms. The summed E-state index contributed by atoms with van der Waals surface area (Å²) in [6.45, 7) is 18.9. The number of aromatic nitrogens is 2. The van der Waals surface area contributed by atoms with Crippen LogP contribution in [0.15, 0.2) is 164 Å². The molecular formula is C55H54N4O. The quantitative estimate of drug-likeness (QED) is 0.154. The van der Waals surface area contributed by atoms with Gasteiger partial charge in [0.2, 0.25) is 0 Å². The molecule has 6 aromatic carbocycles. The predicted molar refractivity (Wildman–Crippen MR) is 253 cm³/mol. The number of pyridine rings is 1. The fourth-order valence-electron chi connectivity index (χ4n) is 8.37. The van der Waals surface area contributed by atoms with E-state index in [1.165, 1.54) is 33.3 Å². The van der Waals surface area contributed by atoms with Gasteiger partial charge >= 0.3 is 0 Å². The van der Waals surface area contributed by atoms with Crippen LogP contribution in [0.4, 0.5) is 11.4 Å². The van der Waals surface area contributed by atoms with E-state index in [0.29, 0.717) is 12.6 Å². The van der Waals surface area contributed by atoms with E-state index in [1.54, 1.807) is 0 Å². The molecule has 3 heterocycles. The number of hydrogen-bond acceptors (Lipinski definition) is 4. The molecule has 0 saturated carbocycles. The molecule has 5 nitrogen and oxygen atoms in total. The van der Waals surface area contributed by atoms with E-state index in [0.717, 1.165) is 56.1 Å². The molecular weight excluding hydrogens is 733 g/mol. The van der Waals surface area contributed by atoms with E-state index < -0.39 is 0 Å². The van der Waals surface area contributed by atoms with Gasteiger partial charge in [0.15, 0.2) is 0 Å². The maximum Gasteiger partial charge on any atom is 0.138 e. The van der Waals surface area contributed by atoms with Crippen LogP contribution in [-0.2, 0) is 10.8 Å². The van der Waals surface area contributed by atoms with Crippen LogP contribution in [0.25, 0.3) is 49.9 Å². The van der Waals surface area contributed by atoms with Crippen molar-refractivity contribution in [3.05, 3.63) is 181 Å². The number of anilines is 2. The standard InChI is InChI=1S/C55H54N4O/c1-37(2)47-18-12-13-19-48(47)39-24-25-56-53(30-39)59-51-21-15-14-20-49(51)50-23-22-45(35-52(50)59)60-46-29-40(38-16-10-9-11-17-38)28-43(34-46)57-26-27-58(36-57)44-32-41(54(3,4)5)31-42(33-44)55(6,7)8/h9-35,37H,36H2,1-8H3. The Kier molecular flexibility index (Phi) is 9.87. The first kappa shape index (κ1) is 38.9. The van der Waals surface area contributed by atoms with Gasteiger partial charge in [0, 0.05) is 52.9 Å². The van der Waals surface area contributed by atoms with Gasteiger partial charge in [0.25, 0.3) is 0 Å². The van der Waals surface area contributed by atoms with Gasteiger partial charge < -0.3 is 14.5 Å². The second-order valence-electron chi connectivity index (χ2n) is 18.5. The van der Waals surface area contributed by atoms with Crippen molar-refractivity contribution < 1.29 is 4.74 Å². The molecule has 1 aliphatic heterocycles. The second-order valence-corrected chi connectivity index (χ2v) is 18.5. The van der Waals surface area contributed by atoms with Crippen LogP contribution < -0.4 is 14.5 Å². The lowest BCUT2D eigenvalue weighted by Crippen LogP contribution is -2.26. The fourth-order valence-corrected chi connectivity index (χ4v) is 8.37. The van der Waals surface area contributed by atoms with Crippen molar-refractivity contribution in [2.24, 2.45) is 0 Å². The molecule has 0 amide bonds. The molecule has 60 heavy (non-hydrogen) atoms. The Hall–Kier alpha value is -6.59. The van der Waals surface area contributed by atoms with Crippen LogP contribution in [0.1, 0.15) is 78.0 Å². The predicted octanol–water partition coefficient (Wildman–Crippen LogP) is 14.8. The zero-order valence-corrected chi connectivity index (χ0v) is 36.1. The largest absolute Gasteiger partial charge is 0.457 e. The third-order valence-corrected chi connectivity index (χ3v) is 11.8. The van der Waals surface area contributed by atoms with E-state index in [-0.39, 0.29) is 10.8 Å². The summed E-state index contributed by atoms with van der Waals surface area (Å²) in [5.74, 6) is 2.81. The van der Waals surface area contributed by atoms with Crippen molar-refractivity contribution >= 4 is 33.2 Å². The highest BCUT2D eigenvalue weighted by atomic mass is 16.5. The molecule has 0 saturated heterocycles. The minimum absolute atomic E-state index is 0.0347. The second kappa shape index (κ2) is 15.2. The number of para-hydroxylation sites is 1. The molecule has 300 valence electrons. The Labute approximate surface area is 355 Å². The molecule has 8 aromatic rings. The summed E-state index contributed by atoms with van der Waals surface area (Å²) in [6.07, 6.45) is 6.30. The van der Waals surface area contributed by atoms with Gasteiger partial charge in [-0.25, -0.2) is 4.98 Å². The average molecular weight is 787 g/mol. The summed E-state index contributed by atoms with van der Waals surface area (Å²) in [7, 11) is 0. The summed E-state index contributed by atoms with van der Waals surface area (Å²) in [5, 5.41) is 2.33. The van der Waals surface area contributed by atoms with Gasteiger partial charge in [-0.2, -0.15) is 0 Å². The Morgan fingerprint density at radius 1 is 0.533 bits per heavy atom. The summed E-state index contributed by atoms with van der Waals surface area (Å²) in [4.78, 5) is 9.61. The molecule has 5 heteroatoms. The summed E-state index contributed by atoms with van der Waals surface area (Å²) < 4.78 is 9.16. The topological polar surface area (TPSA) is 33.5 Å². The third-order valence-electron chi connectivity index (χ3n) is 11.8. The zero-order valence-electron chi connectivity index (χ0n) is 36.1. The monoisotopic (exact) mass is 786 g/mol. The van der Waals surface area contributed by atoms with Gasteiger partial charge in [0.05, 0.1) is 17.7 Å². The first-order chi connectivity index (χ1) is 28.8. The summed E-state index contributed by atoms with van der Waals surface area (Å²) >= 11 is 0. The number of ether oxygens (including phenoxy) is 1. The molecule has 0 atom stereocenters. The van der Waals surface area contributed by atoms with Crippen molar-refractivity contribution in [2.45, 2.75) is 72.1 Å². The van der Waals surface area contributed by atoms with Crippen molar-refractivity contribution in [2.75, 3.05) is 16.5 Å². The smallest absolute Gasteiger partial charge is 0.138 e. The lowest BCUT2D eigenvalue weighted by atomic mass is 9.80. The van der Waals surface area contributed by atoms with Crippen LogP contribution in [0, 0.1) is 0 Å². The SMILES string of the molecule is CC(C)c1ccccc1-c1ccnc(-n2c3ccccc3c3ccc(Oc4cc(-c5ccccc5)cc(N5C=CN(c6cc(C(C)(C)C)cc(C(C)(C)C)c6)C5)c4)cc32)c1. The Morgan fingerprint density at radius 3 is 1.90 bits per heavy atom. The number of rotatable bonds is 8. The lowest BCUT2D eigenvalue weighted by Gasteiger charge is -2.29. The number of benzene rings is 6. The molecule has 1 aliphatic rings. The molecule has 2 aromatic heterocycles. The Balaban J connectivity index is 1.09. The molecule has 0 aliphatic carbocycles. The van der Waals surface area contributed by atoms with E-state index in [9.17, 15) is 0 Å². The maximum absolute atomic E-state index is 6.89. The van der Waals surface area contributed by atoms with Gasteiger partial charge in [-0.05, 0) is 110 Å². The fraction of sp³-hybridized carbons (Fsp3) is 0.218. The van der Waals surface area contributed by atoms with Crippen LogP contribution in [0.2, 0.25) is 0 Å². The van der Waals surface area contributed by atoms with Crippen molar-refractivity contribution in [1.82, 2.24) is 9.55 Å². The molecule has 0 fully saturated rings. The van der Waals surface area contributed by atoms with Crippen molar-refractivity contribution in [3.63, 3.8) is 0 Å². The molecule has 0 N–H and O–H groups in total. The van der Waals surface area contributed by atoms with Crippen molar-refractivity contribution in [3.8, 4) is 39.6 Å². The lowest BCUT2D eigenvalue weighted by molar-refractivity contribution is 0.483. The van der Waals surface area contributed by atoms with Crippen LogP contribution in [0.3, 0.4) is 0 Å². The minimum atomic E-state index is 0.0347. The van der Waals surface area contributed by atoms with Gasteiger partial charge in [-0.1, -0.05) is 134 Å². The maximum atomic E-state index is 6.89. The van der Waals surface area contributed by atoms with Crippen LogP contribution in [-0.4, -0.2) is 16.2 Å². The minimum Gasteiger partial charge on any atom is -0.457 e. The highest BCUT2D eigenvalue weighted by Crippen LogP contribution is 2.40. The molecule has 0 radical (unpaired) electrons. The van der Waals surface area contributed by atoms with Crippen molar-refractivity contribution in [1.29, 1.82) is 0 Å². The van der Waals surface area contributed by atoms with E-state index in [2.05, 4.69) is 228 Å². The highest BCUT2D eigenvalue weighted by molar-refractivity contribution is 6.09. The number of fused-ring (bicyclic) bond motifs is 3. The number of nitrogens with zero attached hydrogens (tertiary/aromatic N) is 4. The van der Waals surface area contributed by atoms with Crippen LogP contribution >= 0.6 is 0 Å². The van der Waals surface area contributed by atoms with Gasteiger partial charge in [0.1, 0.15) is 17.3 Å². The third kappa shape index (κ3) is 7.57. The Bertz CT molecular complexity index is 2860. The summed E-state index contributed by atoms with van der Waals surface area (Å²) in [6, 6.07) is 52.2. The molecule has 0 unspecified atom stereocenters. The van der Waals surface area contributed by atoms with E-state index >= 15 is 0 Å². The van der Waals surface area contributed by atoms with Gasteiger partial charge in [-0.3, -0.25) is 4.57 Å². The first-order valence-electron chi connectivity index (χ1n) is 21.2. The zero-order chi connectivity index (χ0) is 41.8. The van der Waals surface area contributed by atoms with Gasteiger partial charge in [-0.15, -0.1) is 0 Å². The highest BCUT2D eigenvalue weighted by Gasteiger charge is 2.25. The first-order valence-corrected chi connectivity index (χ1v) is 21.2. The van der Waals surface area contributed by atoms with Crippen LogP contribution in [0.5, 0.6) is 11.5 Å². The molecule has 0 spiro atoms. The molecule has 9 rings (SSSR count).